The van der Waals surface area contributed by atoms with E-state index in [-0.39, 0.29) is 5.91 Å². The average molecular weight is 361 g/mol. The van der Waals surface area contributed by atoms with Crippen molar-refractivity contribution in [2.75, 3.05) is 6.54 Å². The van der Waals surface area contributed by atoms with Crippen LogP contribution in [0.1, 0.15) is 21.9 Å². The van der Waals surface area contributed by atoms with E-state index >= 15 is 0 Å². The second-order valence-electron chi connectivity index (χ2n) is 6.33. The summed E-state index contributed by atoms with van der Waals surface area (Å²) in [5, 5.41) is 7.90. The van der Waals surface area contributed by atoms with E-state index in [1.165, 1.54) is 0 Å². The Morgan fingerprint density at radius 2 is 2.11 bits per heavy atom. The van der Waals surface area contributed by atoms with Gasteiger partial charge in [-0.2, -0.15) is 4.98 Å². The van der Waals surface area contributed by atoms with E-state index in [0.717, 1.165) is 16.5 Å². The Hall–Kier alpha value is -3.48. The maximum Gasteiger partial charge on any atom is 0.267 e. The van der Waals surface area contributed by atoms with Gasteiger partial charge < -0.3 is 14.4 Å². The first-order valence-electron chi connectivity index (χ1n) is 8.71. The molecule has 0 spiro atoms. The number of fused-ring (bicyclic) bond motifs is 1. The van der Waals surface area contributed by atoms with Crippen molar-refractivity contribution in [3.8, 4) is 11.5 Å². The zero-order chi connectivity index (χ0) is 18.8. The normalized spacial score (nSPS) is 11.0. The van der Waals surface area contributed by atoms with Gasteiger partial charge in [-0.15, -0.1) is 0 Å². The number of carbonyl (C=O) groups is 1. The maximum atomic E-state index is 12.6. The smallest absolute Gasteiger partial charge is 0.267 e. The molecule has 1 amide bonds. The number of rotatable bonds is 5. The largest absolute Gasteiger partial charge is 0.350 e. The van der Waals surface area contributed by atoms with Crippen LogP contribution in [0.4, 0.5) is 0 Å². The van der Waals surface area contributed by atoms with Crippen LogP contribution in [0.3, 0.4) is 0 Å². The highest BCUT2D eigenvalue weighted by atomic mass is 16.5. The molecule has 0 aliphatic heterocycles. The Morgan fingerprint density at radius 1 is 1.22 bits per heavy atom. The van der Waals surface area contributed by atoms with E-state index in [2.05, 4.69) is 20.4 Å². The van der Waals surface area contributed by atoms with E-state index < -0.39 is 0 Å². The molecule has 0 radical (unpaired) electrons. The van der Waals surface area contributed by atoms with Crippen LogP contribution < -0.4 is 5.32 Å². The van der Waals surface area contributed by atoms with Crippen LogP contribution >= 0.6 is 0 Å². The van der Waals surface area contributed by atoms with Crippen molar-refractivity contribution in [1.29, 1.82) is 0 Å². The number of nitrogens with one attached hydrogen (secondary N) is 1. The van der Waals surface area contributed by atoms with Crippen molar-refractivity contribution in [1.82, 2.24) is 25.0 Å². The van der Waals surface area contributed by atoms with Crippen LogP contribution in [0.15, 0.2) is 53.2 Å². The zero-order valence-corrected chi connectivity index (χ0v) is 15.1. The van der Waals surface area contributed by atoms with E-state index in [1.807, 2.05) is 61.0 Å². The lowest BCUT2D eigenvalue weighted by Crippen LogP contribution is -2.27. The summed E-state index contributed by atoms with van der Waals surface area (Å²) in [7, 11) is 1.90. The predicted octanol–water partition coefficient (Wildman–Crippen LogP) is 2.90. The van der Waals surface area contributed by atoms with Gasteiger partial charge >= 0.3 is 0 Å². The fraction of sp³-hybridized carbons (Fsp3) is 0.200. The van der Waals surface area contributed by atoms with Crippen LogP contribution in [0, 0.1) is 6.92 Å². The van der Waals surface area contributed by atoms with Crippen molar-refractivity contribution in [2.45, 2.75) is 13.3 Å². The van der Waals surface area contributed by atoms with Gasteiger partial charge in [0.2, 0.25) is 11.7 Å². The van der Waals surface area contributed by atoms with Gasteiger partial charge in [0.1, 0.15) is 11.4 Å². The summed E-state index contributed by atoms with van der Waals surface area (Å²) in [5.41, 5.74) is 3.49. The molecule has 4 rings (SSSR count). The molecule has 136 valence electrons. The lowest BCUT2D eigenvalue weighted by atomic mass is 10.2. The molecule has 0 aliphatic carbocycles. The number of carbonyl (C=O) groups excluding carboxylic acids is 1. The first kappa shape index (κ1) is 17.0. The maximum absolute atomic E-state index is 12.6. The van der Waals surface area contributed by atoms with Crippen molar-refractivity contribution in [2.24, 2.45) is 7.05 Å². The molecule has 0 fully saturated rings. The van der Waals surface area contributed by atoms with Gasteiger partial charge in [-0.1, -0.05) is 29.4 Å². The monoisotopic (exact) mass is 361 g/mol. The van der Waals surface area contributed by atoms with Gasteiger partial charge in [-0.25, -0.2) is 0 Å². The number of hydrogen-bond acceptors (Lipinski definition) is 5. The molecule has 7 nitrogen and oxygen atoms in total. The Kier molecular flexibility index (Phi) is 4.42. The quantitative estimate of drug-likeness (QED) is 0.591. The number of aryl methyl sites for hydroxylation is 2. The van der Waals surface area contributed by atoms with E-state index in [4.69, 9.17) is 4.52 Å². The van der Waals surface area contributed by atoms with Gasteiger partial charge in [-0.3, -0.25) is 9.78 Å². The van der Waals surface area contributed by atoms with Gasteiger partial charge in [-0.05, 0) is 30.7 Å². The summed E-state index contributed by atoms with van der Waals surface area (Å²) in [6.45, 7) is 2.45. The van der Waals surface area contributed by atoms with Crippen molar-refractivity contribution >= 4 is 16.8 Å². The number of pyridine rings is 1. The first-order valence-corrected chi connectivity index (χ1v) is 8.71. The van der Waals surface area contributed by atoms with Crippen molar-refractivity contribution in [3.05, 3.63) is 65.8 Å². The lowest BCUT2D eigenvalue weighted by molar-refractivity contribution is 0.0945. The fourth-order valence-corrected chi connectivity index (χ4v) is 3.17. The second kappa shape index (κ2) is 7.03. The minimum absolute atomic E-state index is 0.127. The summed E-state index contributed by atoms with van der Waals surface area (Å²) in [6.07, 6.45) is 2.13. The molecule has 3 aromatic heterocycles. The SMILES string of the molecule is Cc1cccc2cc(C(=O)NCCc3nc(-c4ccccn4)no3)n(C)c12. The summed E-state index contributed by atoms with van der Waals surface area (Å²) < 4.78 is 7.16. The number of para-hydroxylation sites is 1. The number of hydrogen-bond donors (Lipinski definition) is 1. The topological polar surface area (TPSA) is 85.8 Å². The van der Waals surface area contributed by atoms with Crippen LogP contribution in [-0.4, -0.2) is 32.1 Å². The summed E-state index contributed by atoms with van der Waals surface area (Å²) in [6, 6.07) is 13.5. The highest BCUT2D eigenvalue weighted by Gasteiger charge is 2.15. The molecule has 0 atom stereocenters. The molecule has 0 saturated heterocycles. The first-order chi connectivity index (χ1) is 13.1. The number of nitrogens with zero attached hydrogens (tertiary/aromatic N) is 4. The predicted molar refractivity (Wildman–Crippen MR) is 101 cm³/mol. The van der Waals surface area contributed by atoms with Gasteiger partial charge in [0.05, 0.1) is 5.52 Å². The highest BCUT2D eigenvalue weighted by molar-refractivity contribution is 5.99. The molecule has 0 aliphatic rings. The van der Waals surface area contributed by atoms with Crippen LogP contribution in [0.25, 0.3) is 22.4 Å². The van der Waals surface area contributed by atoms with Crippen LogP contribution in [-0.2, 0) is 13.5 Å². The molecule has 0 unspecified atom stereocenters. The molecule has 7 heteroatoms. The van der Waals surface area contributed by atoms with Gasteiger partial charge in [0.15, 0.2) is 0 Å². The average Bonchev–Trinajstić information content (AvgIpc) is 3.28. The Morgan fingerprint density at radius 3 is 2.89 bits per heavy atom. The second-order valence-corrected chi connectivity index (χ2v) is 6.33. The molecule has 0 saturated carbocycles. The standard InChI is InChI=1S/C20H19N5O2/c1-13-6-5-7-14-12-16(25(2)18(13)14)20(26)22-11-9-17-23-19(24-27-17)15-8-3-4-10-21-15/h3-8,10,12H,9,11H2,1-2H3,(H,22,26). The van der Waals surface area contributed by atoms with Crippen LogP contribution in [0.2, 0.25) is 0 Å². The van der Waals surface area contributed by atoms with E-state index in [9.17, 15) is 4.79 Å². The highest BCUT2D eigenvalue weighted by Crippen LogP contribution is 2.22. The van der Waals surface area contributed by atoms with E-state index in [1.54, 1.807) is 6.20 Å². The number of aromatic nitrogens is 4. The molecular weight excluding hydrogens is 342 g/mol. The molecular formula is C20H19N5O2. The minimum atomic E-state index is -0.127. The Balaban J connectivity index is 1.41. The van der Waals surface area contributed by atoms with Crippen molar-refractivity contribution in [3.63, 3.8) is 0 Å². The fourth-order valence-electron chi connectivity index (χ4n) is 3.17. The molecule has 3 heterocycles. The van der Waals surface area contributed by atoms with Gasteiger partial charge in [0, 0.05) is 31.6 Å². The Bertz CT molecular complexity index is 1100. The molecule has 1 N–H and O–H groups in total. The summed E-state index contributed by atoms with van der Waals surface area (Å²) >= 11 is 0. The molecule has 0 bridgehead atoms. The zero-order valence-electron chi connectivity index (χ0n) is 15.1. The van der Waals surface area contributed by atoms with Crippen molar-refractivity contribution < 1.29 is 9.32 Å². The molecule has 27 heavy (non-hydrogen) atoms. The molecule has 4 aromatic rings. The number of benzene rings is 1. The summed E-state index contributed by atoms with van der Waals surface area (Å²) in [5.74, 6) is 0.780. The third kappa shape index (κ3) is 3.31. The van der Waals surface area contributed by atoms with E-state index in [0.29, 0.717) is 36.1 Å². The van der Waals surface area contributed by atoms with Crippen LogP contribution in [0.5, 0.6) is 0 Å². The number of amides is 1. The third-order valence-electron chi connectivity index (χ3n) is 4.48. The third-order valence-corrected chi connectivity index (χ3v) is 4.48. The van der Waals surface area contributed by atoms with Gasteiger partial charge in [0.25, 0.3) is 5.91 Å². The molecule has 1 aromatic carbocycles. The summed E-state index contributed by atoms with van der Waals surface area (Å²) in [4.78, 5) is 21.1. The lowest BCUT2D eigenvalue weighted by Gasteiger charge is -2.06. The minimum Gasteiger partial charge on any atom is -0.350 e. The Labute approximate surface area is 156 Å².